The van der Waals surface area contributed by atoms with Gasteiger partial charge >= 0.3 is 0 Å². The third kappa shape index (κ3) is 6.81. The van der Waals surface area contributed by atoms with Crippen molar-refractivity contribution in [3.63, 3.8) is 0 Å². The van der Waals surface area contributed by atoms with Crippen molar-refractivity contribution in [3.8, 4) is 28.6 Å². The van der Waals surface area contributed by atoms with Crippen LogP contribution in [0, 0.1) is 12.3 Å². The summed E-state index contributed by atoms with van der Waals surface area (Å²) in [6, 6.07) is 15.1. The number of nitrogens with zero attached hydrogens (tertiary/aromatic N) is 3. The van der Waals surface area contributed by atoms with Crippen LogP contribution in [0.4, 0.5) is 0 Å². The maximum Gasteiger partial charge on any atom is 0.282 e. The van der Waals surface area contributed by atoms with Crippen molar-refractivity contribution in [3.05, 3.63) is 80.0 Å². The van der Waals surface area contributed by atoms with E-state index < -0.39 is 0 Å². The van der Waals surface area contributed by atoms with Crippen LogP contribution >= 0.6 is 15.9 Å². The number of aryl methyl sites for hydroxylation is 1. The molecular weight excluding hydrogens is 582 g/mol. The van der Waals surface area contributed by atoms with Gasteiger partial charge in [-0.2, -0.15) is 9.78 Å². The molecule has 0 radical (unpaired) electrons. The molecule has 216 valence electrons. The summed E-state index contributed by atoms with van der Waals surface area (Å²) >= 11 is 3.66. The molecule has 8 heteroatoms. The molecule has 0 aliphatic heterocycles. The molecule has 41 heavy (non-hydrogen) atoms. The Hall–Kier alpha value is -3.65. The maximum absolute atomic E-state index is 13.8. The van der Waals surface area contributed by atoms with Gasteiger partial charge in [0.05, 0.1) is 37.4 Å². The van der Waals surface area contributed by atoms with E-state index in [2.05, 4.69) is 50.5 Å². The SMILES string of the molecule is CCOc1cc(C=Nn2c(-c3cc(C(C)C)c(OC)cc3C)nc3ccccc3c2=O)c(Br)cc1OCC(C)(C)C. The van der Waals surface area contributed by atoms with Gasteiger partial charge in [0.15, 0.2) is 17.3 Å². The molecule has 0 fully saturated rings. The van der Waals surface area contributed by atoms with Crippen LogP contribution in [-0.4, -0.2) is 36.2 Å². The van der Waals surface area contributed by atoms with E-state index in [4.69, 9.17) is 24.3 Å². The fourth-order valence-electron chi connectivity index (χ4n) is 4.42. The molecule has 7 nitrogen and oxygen atoms in total. The van der Waals surface area contributed by atoms with Crippen molar-refractivity contribution >= 4 is 33.0 Å². The fourth-order valence-corrected chi connectivity index (χ4v) is 4.84. The summed E-state index contributed by atoms with van der Waals surface area (Å²) in [5.74, 6) is 2.73. The molecule has 4 aromatic rings. The summed E-state index contributed by atoms with van der Waals surface area (Å²) in [4.78, 5) is 18.7. The minimum Gasteiger partial charge on any atom is -0.496 e. The highest BCUT2D eigenvalue weighted by atomic mass is 79.9. The van der Waals surface area contributed by atoms with Crippen LogP contribution in [0.3, 0.4) is 0 Å². The van der Waals surface area contributed by atoms with Gasteiger partial charge in [-0.25, -0.2) is 4.98 Å². The zero-order valence-electron chi connectivity index (χ0n) is 25.0. The van der Waals surface area contributed by atoms with Crippen LogP contribution in [0.1, 0.15) is 64.2 Å². The lowest BCUT2D eigenvalue weighted by atomic mass is 9.96. The van der Waals surface area contributed by atoms with E-state index in [-0.39, 0.29) is 16.9 Å². The third-order valence-corrected chi connectivity index (χ3v) is 7.22. The summed E-state index contributed by atoms with van der Waals surface area (Å²) in [7, 11) is 1.67. The lowest BCUT2D eigenvalue weighted by molar-refractivity contribution is 0.188. The number of halogens is 1. The molecule has 1 heterocycles. The van der Waals surface area contributed by atoms with Crippen molar-refractivity contribution in [2.24, 2.45) is 10.5 Å². The van der Waals surface area contributed by atoms with E-state index in [1.165, 1.54) is 4.68 Å². The molecule has 0 aliphatic carbocycles. The number of ether oxygens (including phenoxy) is 3. The summed E-state index contributed by atoms with van der Waals surface area (Å²) in [6.07, 6.45) is 1.64. The Morgan fingerprint density at radius 2 is 1.76 bits per heavy atom. The number of hydrogen-bond acceptors (Lipinski definition) is 6. The van der Waals surface area contributed by atoms with Crippen LogP contribution in [0.15, 0.2) is 62.9 Å². The zero-order chi connectivity index (χ0) is 29.9. The Labute approximate surface area is 250 Å². The zero-order valence-corrected chi connectivity index (χ0v) is 26.6. The van der Waals surface area contributed by atoms with Crippen molar-refractivity contribution in [1.82, 2.24) is 9.66 Å². The van der Waals surface area contributed by atoms with Crippen LogP contribution < -0.4 is 19.8 Å². The summed E-state index contributed by atoms with van der Waals surface area (Å²) in [6.45, 7) is 15.5. The molecule has 0 atom stereocenters. The fraction of sp³-hybridized carbons (Fsp3) is 0.364. The van der Waals surface area contributed by atoms with Crippen molar-refractivity contribution < 1.29 is 14.2 Å². The summed E-state index contributed by atoms with van der Waals surface area (Å²) in [5, 5.41) is 5.19. The number of benzene rings is 3. The van der Waals surface area contributed by atoms with E-state index in [0.717, 1.165) is 32.5 Å². The molecule has 1 aromatic heterocycles. The van der Waals surface area contributed by atoms with Crippen LogP contribution in [0.5, 0.6) is 17.2 Å². The average Bonchev–Trinajstić information content (AvgIpc) is 2.92. The van der Waals surface area contributed by atoms with Gasteiger partial charge in [0, 0.05) is 15.6 Å². The predicted octanol–water partition coefficient (Wildman–Crippen LogP) is 7.97. The van der Waals surface area contributed by atoms with Gasteiger partial charge < -0.3 is 14.2 Å². The lowest BCUT2D eigenvalue weighted by Gasteiger charge is -2.21. The second kappa shape index (κ2) is 12.5. The first-order chi connectivity index (χ1) is 19.4. The molecule has 0 bridgehead atoms. The van der Waals surface area contributed by atoms with Gasteiger partial charge in [0.2, 0.25) is 0 Å². The first-order valence-electron chi connectivity index (χ1n) is 13.8. The van der Waals surface area contributed by atoms with Gasteiger partial charge in [0.1, 0.15) is 5.75 Å². The standard InChI is InChI=1S/C33H38BrN3O4/c1-9-40-29-15-22(26(34)17-30(29)41-19-33(5,6)7)18-35-37-31(36-27-13-11-10-12-23(27)32(37)38)25-16-24(20(2)3)28(39-8)14-21(25)4/h10-18,20H,9,19H2,1-8H3. The topological polar surface area (TPSA) is 74.9 Å². The number of para-hydroxylation sites is 1. The maximum atomic E-state index is 13.8. The minimum atomic E-state index is -0.255. The number of hydrogen-bond donors (Lipinski definition) is 0. The highest BCUT2D eigenvalue weighted by Gasteiger charge is 2.19. The van der Waals surface area contributed by atoms with Gasteiger partial charge in [-0.15, -0.1) is 0 Å². The Morgan fingerprint density at radius 1 is 1.05 bits per heavy atom. The van der Waals surface area contributed by atoms with Gasteiger partial charge in [0.25, 0.3) is 5.56 Å². The summed E-state index contributed by atoms with van der Waals surface area (Å²) in [5.41, 5.74) is 3.85. The van der Waals surface area contributed by atoms with Gasteiger partial charge in [-0.05, 0) is 88.6 Å². The molecular formula is C33H38BrN3O4. The van der Waals surface area contributed by atoms with Crippen molar-refractivity contribution in [1.29, 1.82) is 0 Å². The molecule has 0 saturated heterocycles. The molecule has 0 amide bonds. The Bertz CT molecular complexity index is 1650. The molecule has 0 unspecified atom stereocenters. The Balaban J connectivity index is 1.89. The molecule has 3 aromatic carbocycles. The monoisotopic (exact) mass is 619 g/mol. The predicted molar refractivity (Wildman–Crippen MR) is 170 cm³/mol. The lowest BCUT2D eigenvalue weighted by Crippen LogP contribution is -2.21. The van der Waals surface area contributed by atoms with E-state index in [1.54, 1.807) is 19.4 Å². The second-order valence-electron chi connectivity index (χ2n) is 11.5. The molecule has 0 N–H and O–H groups in total. The Morgan fingerprint density at radius 3 is 2.41 bits per heavy atom. The molecule has 0 spiro atoms. The second-order valence-corrected chi connectivity index (χ2v) is 12.3. The molecule has 0 saturated carbocycles. The smallest absolute Gasteiger partial charge is 0.282 e. The largest absolute Gasteiger partial charge is 0.496 e. The van der Waals surface area contributed by atoms with Crippen LogP contribution in [-0.2, 0) is 0 Å². The minimum absolute atomic E-state index is 0.00817. The number of rotatable bonds is 9. The van der Waals surface area contributed by atoms with Crippen LogP contribution in [0.2, 0.25) is 0 Å². The summed E-state index contributed by atoms with van der Waals surface area (Å²) < 4.78 is 19.8. The molecule has 0 aliphatic rings. The highest BCUT2D eigenvalue weighted by Crippen LogP contribution is 2.36. The van der Waals surface area contributed by atoms with Gasteiger partial charge in [-0.3, -0.25) is 4.79 Å². The van der Waals surface area contributed by atoms with Gasteiger partial charge in [-0.1, -0.05) is 46.8 Å². The quantitative estimate of drug-likeness (QED) is 0.178. The van der Waals surface area contributed by atoms with E-state index in [1.807, 2.05) is 56.3 Å². The average molecular weight is 621 g/mol. The van der Waals surface area contributed by atoms with Crippen molar-refractivity contribution in [2.45, 2.75) is 54.4 Å². The Kier molecular flexibility index (Phi) is 9.22. The highest BCUT2D eigenvalue weighted by molar-refractivity contribution is 9.10. The first kappa shape index (κ1) is 30.3. The van der Waals surface area contributed by atoms with Crippen LogP contribution in [0.25, 0.3) is 22.3 Å². The van der Waals surface area contributed by atoms with E-state index in [9.17, 15) is 4.79 Å². The third-order valence-electron chi connectivity index (χ3n) is 6.53. The first-order valence-corrected chi connectivity index (χ1v) is 14.6. The number of methoxy groups -OCH3 is 1. The van der Waals surface area contributed by atoms with Crippen molar-refractivity contribution in [2.75, 3.05) is 20.3 Å². The van der Waals surface area contributed by atoms with E-state index >= 15 is 0 Å². The number of fused-ring (bicyclic) bond motifs is 1. The number of aromatic nitrogens is 2. The normalized spacial score (nSPS) is 12.0. The van der Waals surface area contributed by atoms with E-state index in [0.29, 0.717) is 41.4 Å². The molecule has 4 rings (SSSR count).